The lowest BCUT2D eigenvalue weighted by atomic mass is 10.0. The molecule has 1 atom stereocenters. The van der Waals surface area contributed by atoms with Gasteiger partial charge in [-0.05, 0) is 37.4 Å². The summed E-state index contributed by atoms with van der Waals surface area (Å²) in [6, 6.07) is 8.95. The predicted molar refractivity (Wildman–Crippen MR) is 69.5 cm³/mol. The van der Waals surface area contributed by atoms with E-state index in [0.717, 1.165) is 12.1 Å². The van der Waals surface area contributed by atoms with Crippen LogP contribution in [0.1, 0.15) is 25.5 Å². The summed E-state index contributed by atoms with van der Waals surface area (Å²) in [7, 11) is 0. The molecule has 1 nitrogen and oxygen atoms in total. The summed E-state index contributed by atoms with van der Waals surface area (Å²) >= 11 is 1.77. The summed E-state index contributed by atoms with van der Waals surface area (Å²) in [5, 5.41) is 3.43. The molecule has 15 heavy (non-hydrogen) atoms. The first-order valence-corrected chi connectivity index (χ1v) is 6.44. The summed E-state index contributed by atoms with van der Waals surface area (Å²) in [6.45, 7) is 9.17. The van der Waals surface area contributed by atoms with E-state index in [1.807, 2.05) is 0 Å². The van der Waals surface area contributed by atoms with E-state index in [4.69, 9.17) is 0 Å². The molecular formula is C13H19NS. The molecule has 0 aliphatic heterocycles. The van der Waals surface area contributed by atoms with Crippen LogP contribution >= 0.6 is 11.8 Å². The van der Waals surface area contributed by atoms with Crippen molar-refractivity contribution in [1.29, 1.82) is 0 Å². The minimum Gasteiger partial charge on any atom is -0.307 e. The number of nitrogens with one attached hydrogen (secondary N) is 1. The Morgan fingerprint density at radius 3 is 2.40 bits per heavy atom. The molecule has 0 aromatic heterocycles. The molecule has 0 aliphatic rings. The van der Waals surface area contributed by atoms with Crippen LogP contribution in [0.3, 0.4) is 0 Å². The van der Waals surface area contributed by atoms with Crippen LogP contribution < -0.4 is 5.32 Å². The largest absolute Gasteiger partial charge is 0.307 e. The van der Waals surface area contributed by atoms with E-state index in [1.54, 1.807) is 11.8 Å². The van der Waals surface area contributed by atoms with Crippen LogP contribution in [0.25, 0.3) is 0 Å². The third-order valence-electron chi connectivity index (χ3n) is 2.35. The Hall–Kier alpha value is -0.730. The number of thioether (sulfide) groups is 1. The minimum absolute atomic E-state index is 0.283. The molecule has 1 aromatic carbocycles. The molecule has 1 rings (SSSR count). The molecule has 0 bridgehead atoms. The molecule has 0 saturated heterocycles. The minimum atomic E-state index is 0.283. The van der Waals surface area contributed by atoms with Gasteiger partial charge in [0.25, 0.3) is 0 Å². The number of benzene rings is 1. The van der Waals surface area contributed by atoms with Crippen molar-refractivity contribution in [3.8, 4) is 0 Å². The first-order chi connectivity index (χ1) is 7.19. The zero-order valence-electron chi connectivity index (χ0n) is 9.71. The van der Waals surface area contributed by atoms with E-state index < -0.39 is 0 Å². The van der Waals surface area contributed by atoms with Gasteiger partial charge in [-0.25, -0.2) is 0 Å². The maximum Gasteiger partial charge on any atom is 0.0530 e. The molecule has 82 valence electrons. The van der Waals surface area contributed by atoms with Gasteiger partial charge in [0.2, 0.25) is 0 Å². The van der Waals surface area contributed by atoms with E-state index in [0.29, 0.717) is 0 Å². The zero-order chi connectivity index (χ0) is 11.3. The topological polar surface area (TPSA) is 12.0 Å². The van der Waals surface area contributed by atoms with Crippen LogP contribution in [0.5, 0.6) is 0 Å². The van der Waals surface area contributed by atoms with E-state index in [9.17, 15) is 0 Å². The lowest BCUT2D eigenvalue weighted by molar-refractivity contribution is 0.621. The first kappa shape index (κ1) is 12.3. The SMILES string of the molecule is C=C(C)C(NCC)c1ccc(SC)cc1. The van der Waals surface area contributed by atoms with Gasteiger partial charge in [0.05, 0.1) is 6.04 Å². The Morgan fingerprint density at radius 1 is 1.40 bits per heavy atom. The number of hydrogen-bond donors (Lipinski definition) is 1. The number of hydrogen-bond acceptors (Lipinski definition) is 2. The molecule has 1 aromatic rings. The highest BCUT2D eigenvalue weighted by atomic mass is 32.2. The van der Waals surface area contributed by atoms with Crippen molar-refractivity contribution < 1.29 is 0 Å². The van der Waals surface area contributed by atoms with Crippen LogP contribution in [-0.4, -0.2) is 12.8 Å². The molecule has 1 N–H and O–H groups in total. The molecule has 2 heteroatoms. The smallest absolute Gasteiger partial charge is 0.0530 e. The zero-order valence-corrected chi connectivity index (χ0v) is 10.5. The fourth-order valence-electron chi connectivity index (χ4n) is 1.58. The average molecular weight is 221 g/mol. The second-order valence-electron chi connectivity index (χ2n) is 3.61. The Morgan fingerprint density at radius 2 is 2.00 bits per heavy atom. The molecule has 1 unspecified atom stereocenters. The molecule has 0 radical (unpaired) electrons. The van der Waals surface area contributed by atoms with Crippen LogP contribution in [0.2, 0.25) is 0 Å². The van der Waals surface area contributed by atoms with Crippen molar-refractivity contribution in [2.75, 3.05) is 12.8 Å². The van der Waals surface area contributed by atoms with Crippen molar-refractivity contribution in [2.24, 2.45) is 0 Å². The van der Waals surface area contributed by atoms with Crippen molar-refractivity contribution in [3.63, 3.8) is 0 Å². The summed E-state index contributed by atoms with van der Waals surface area (Å²) < 4.78 is 0. The lowest BCUT2D eigenvalue weighted by Crippen LogP contribution is -2.21. The van der Waals surface area contributed by atoms with Gasteiger partial charge in [0.15, 0.2) is 0 Å². The summed E-state index contributed by atoms with van der Waals surface area (Å²) in [4.78, 5) is 1.30. The molecule has 0 fully saturated rings. The van der Waals surface area contributed by atoms with Gasteiger partial charge in [-0.2, -0.15) is 0 Å². The van der Waals surface area contributed by atoms with Gasteiger partial charge >= 0.3 is 0 Å². The Kier molecular flexibility index (Phi) is 4.92. The molecule has 0 saturated carbocycles. The monoisotopic (exact) mass is 221 g/mol. The van der Waals surface area contributed by atoms with E-state index in [2.05, 4.69) is 56.3 Å². The highest BCUT2D eigenvalue weighted by Gasteiger charge is 2.09. The fourth-order valence-corrected chi connectivity index (χ4v) is 1.99. The second kappa shape index (κ2) is 5.99. The average Bonchev–Trinajstić information content (AvgIpc) is 2.26. The van der Waals surface area contributed by atoms with Crippen LogP contribution in [-0.2, 0) is 0 Å². The van der Waals surface area contributed by atoms with E-state index >= 15 is 0 Å². The molecule has 0 spiro atoms. The van der Waals surface area contributed by atoms with Crippen molar-refractivity contribution in [3.05, 3.63) is 42.0 Å². The maximum absolute atomic E-state index is 4.03. The predicted octanol–water partition coefficient (Wildman–Crippen LogP) is 3.64. The van der Waals surface area contributed by atoms with Gasteiger partial charge in [-0.3, -0.25) is 0 Å². The van der Waals surface area contributed by atoms with Gasteiger partial charge < -0.3 is 5.32 Å². The van der Waals surface area contributed by atoms with Crippen molar-refractivity contribution >= 4 is 11.8 Å². The summed E-state index contributed by atoms with van der Waals surface area (Å²) in [5.41, 5.74) is 2.45. The molecule has 0 amide bonds. The van der Waals surface area contributed by atoms with Crippen LogP contribution in [0.4, 0.5) is 0 Å². The van der Waals surface area contributed by atoms with Crippen molar-refractivity contribution in [1.82, 2.24) is 5.32 Å². The quantitative estimate of drug-likeness (QED) is 0.602. The third kappa shape index (κ3) is 3.40. The summed E-state index contributed by atoms with van der Waals surface area (Å²) in [5.74, 6) is 0. The molecule has 0 aliphatic carbocycles. The molecular weight excluding hydrogens is 202 g/mol. The van der Waals surface area contributed by atoms with Crippen LogP contribution in [0, 0.1) is 0 Å². The summed E-state index contributed by atoms with van der Waals surface area (Å²) in [6.07, 6.45) is 2.09. The van der Waals surface area contributed by atoms with E-state index in [1.165, 1.54) is 10.5 Å². The van der Waals surface area contributed by atoms with Gasteiger partial charge in [0.1, 0.15) is 0 Å². The standard InChI is InChI=1S/C13H19NS/c1-5-14-13(10(2)3)11-6-8-12(15-4)9-7-11/h6-9,13-14H,2,5H2,1,3-4H3. The lowest BCUT2D eigenvalue weighted by Gasteiger charge is -2.18. The fraction of sp³-hybridized carbons (Fsp3) is 0.385. The van der Waals surface area contributed by atoms with Gasteiger partial charge in [0, 0.05) is 4.90 Å². The van der Waals surface area contributed by atoms with Crippen molar-refractivity contribution in [2.45, 2.75) is 24.8 Å². The first-order valence-electron chi connectivity index (χ1n) is 5.21. The van der Waals surface area contributed by atoms with E-state index in [-0.39, 0.29) is 6.04 Å². The second-order valence-corrected chi connectivity index (χ2v) is 4.49. The Bertz CT molecular complexity index is 316. The Labute approximate surface area is 97.0 Å². The number of likely N-dealkylation sites (N-methyl/N-ethyl adjacent to an activating group) is 1. The van der Waals surface area contributed by atoms with Gasteiger partial charge in [-0.15, -0.1) is 11.8 Å². The normalized spacial score (nSPS) is 12.5. The highest BCUT2D eigenvalue weighted by Crippen LogP contribution is 2.22. The number of rotatable bonds is 5. The Balaban J connectivity index is 2.86. The molecule has 0 heterocycles. The maximum atomic E-state index is 4.03. The highest BCUT2D eigenvalue weighted by molar-refractivity contribution is 7.98. The third-order valence-corrected chi connectivity index (χ3v) is 3.09. The van der Waals surface area contributed by atoms with Crippen LogP contribution in [0.15, 0.2) is 41.3 Å². The van der Waals surface area contributed by atoms with Gasteiger partial charge in [-0.1, -0.05) is 31.2 Å².